The molecule has 1 aromatic heterocycles. The summed E-state index contributed by atoms with van der Waals surface area (Å²) in [6.45, 7) is 11.4. The van der Waals surface area contributed by atoms with Crippen molar-refractivity contribution in [2.45, 2.75) is 91.0 Å². The first-order valence-electron chi connectivity index (χ1n) is 12.3. The highest BCUT2D eigenvalue weighted by Gasteiger charge is 2.69. The van der Waals surface area contributed by atoms with Gasteiger partial charge in [-0.25, -0.2) is 0 Å². The molecule has 168 valence electrons. The van der Waals surface area contributed by atoms with Crippen LogP contribution in [0.2, 0.25) is 0 Å². The molecule has 3 fully saturated rings. The third kappa shape index (κ3) is 3.07. The molecule has 3 heteroatoms. The number of H-pyrrole nitrogens is 1. The number of hydrogen-bond acceptors (Lipinski definition) is 2. The molecule has 1 saturated heterocycles. The molecular formula is C28H39NO2. The second-order valence-electron chi connectivity index (χ2n) is 11.5. The minimum Gasteiger partial charge on any atom is -0.390 e. The van der Waals surface area contributed by atoms with E-state index in [4.69, 9.17) is 4.74 Å². The summed E-state index contributed by atoms with van der Waals surface area (Å²) in [7, 11) is 0. The van der Waals surface area contributed by atoms with Crippen LogP contribution in [-0.2, 0) is 11.2 Å². The molecule has 3 aliphatic rings. The van der Waals surface area contributed by atoms with E-state index in [0.29, 0.717) is 5.92 Å². The van der Waals surface area contributed by atoms with E-state index in [9.17, 15) is 5.11 Å². The number of aliphatic hydroxyl groups is 1. The second kappa shape index (κ2) is 7.22. The van der Waals surface area contributed by atoms with E-state index in [1.54, 1.807) is 0 Å². The SMILES string of the molecule is CC(C)=CC1CC23C(CCC(C)C2(C)CCC(C)(O)C3Cc2c[nH]c3ccccc23)O1. The van der Waals surface area contributed by atoms with E-state index in [-0.39, 0.29) is 29.0 Å². The van der Waals surface area contributed by atoms with Crippen molar-refractivity contribution < 1.29 is 9.84 Å². The van der Waals surface area contributed by atoms with Gasteiger partial charge in [-0.2, -0.15) is 0 Å². The number of aromatic amines is 1. The Morgan fingerprint density at radius 3 is 2.74 bits per heavy atom. The van der Waals surface area contributed by atoms with Crippen molar-refractivity contribution in [3.63, 3.8) is 0 Å². The molecule has 5 rings (SSSR count). The maximum absolute atomic E-state index is 11.9. The Bertz CT molecular complexity index is 999. The fourth-order valence-electron chi connectivity index (χ4n) is 7.83. The van der Waals surface area contributed by atoms with Crippen molar-refractivity contribution >= 4 is 10.9 Å². The molecule has 0 amide bonds. The Kier molecular flexibility index (Phi) is 4.95. The third-order valence-electron chi connectivity index (χ3n) is 9.61. The first kappa shape index (κ1) is 21.3. The summed E-state index contributed by atoms with van der Waals surface area (Å²) in [5, 5.41) is 13.2. The van der Waals surface area contributed by atoms with Crippen molar-refractivity contribution in [1.29, 1.82) is 0 Å². The Morgan fingerprint density at radius 1 is 1.19 bits per heavy atom. The summed E-state index contributed by atoms with van der Waals surface area (Å²) < 4.78 is 6.78. The summed E-state index contributed by atoms with van der Waals surface area (Å²) in [6, 6.07) is 8.57. The first-order chi connectivity index (χ1) is 14.7. The minimum atomic E-state index is -0.684. The van der Waals surface area contributed by atoms with E-state index in [2.05, 4.69) is 76.1 Å². The van der Waals surface area contributed by atoms with Gasteiger partial charge in [0.1, 0.15) is 0 Å². The second-order valence-corrected chi connectivity index (χ2v) is 11.5. The van der Waals surface area contributed by atoms with Crippen LogP contribution < -0.4 is 0 Å². The highest BCUT2D eigenvalue weighted by molar-refractivity contribution is 5.83. The smallest absolute Gasteiger partial charge is 0.0768 e. The zero-order chi connectivity index (χ0) is 22.0. The number of hydrogen-bond donors (Lipinski definition) is 2. The van der Waals surface area contributed by atoms with Crippen LogP contribution in [0.15, 0.2) is 42.1 Å². The molecule has 2 heterocycles. The van der Waals surface area contributed by atoms with Gasteiger partial charge in [0.25, 0.3) is 0 Å². The van der Waals surface area contributed by atoms with Gasteiger partial charge in [0.05, 0.1) is 17.8 Å². The number of allylic oxidation sites excluding steroid dienone is 1. The van der Waals surface area contributed by atoms with Crippen LogP contribution in [0.5, 0.6) is 0 Å². The molecular weight excluding hydrogens is 382 g/mol. The van der Waals surface area contributed by atoms with Crippen LogP contribution >= 0.6 is 0 Å². The van der Waals surface area contributed by atoms with Crippen molar-refractivity contribution in [2.24, 2.45) is 22.7 Å². The molecule has 0 bridgehead atoms. The molecule has 2 N–H and O–H groups in total. The third-order valence-corrected chi connectivity index (χ3v) is 9.61. The number of fused-ring (bicyclic) bond motifs is 1. The quantitative estimate of drug-likeness (QED) is 0.562. The Hall–Kier alpha value is -1.58. The predicted molar refractivity (Wildman–Crippen MR) is 127 cm³/mol. The van der Waals surface area contributed by atoms with Gasteiger partial charge in [0.15, 0.2) is 0 Å². The highest BCUT2D eigenvalue weighted by Crippen LogP contribution is 2.70. The molecule has 1 spiro atoms. The summed E-state index contributed by atoms with van der Waals surface area (Å²) in [6.07, 6.45) is 11.1. The Morgan fingerprint density at radius 2 is 1.97 bits per heavy atom. The number of aromatic nitrogens is 1. The number of para-hydroxylation sites is 1. The Balaban J connectivity index is 1.64. The van der Waals surface area contributed by atoms with Gasteiger partial charge in [-0.1, -0.05) is 43.7 Å². The number of ether oxygens (including phenoxy) is 1. The van der Waals surface area contributed by atoms with Crippen LogP contribution in [0, 0.1) is 22.7 Å². The number of nitrogens with one attached hydrogen (secondary N) is 1. The first-order valence-corrected chi connectivity index (χ1v) is 12.3. The normalized spacial score (nSPS) is 42.3. The molecule has 2 saturated carbocycles. The van der Waals surface area contributed by atoms with Gasteiger partial charge < -0.3 is 14.8 Å². The molecule has 0 radical (unpaired) electrons. The van der Waals surface area contributed by atoms with Gasteiger partial charge in [-0.3, -0.25) is 0 Å². The molecule has 1 aromatic carbocycles. The van der Waals surface area contributed by atoms with E-state index < -0.39 is 5.60 Å². The molecule has 2 aromatic rings. The van der Waals surface area contributed by atoms with E-state index in [0.717, 1.165) is 32.1 Å². The van der Waals surface area contributed by atoms with Gasteiger partial charge in [-0.15, -0.1) is 0 Å². The van der Waals surface area contributed by atoms with Gasteiger partial charge in [-0.05, 0) is 82.3 Å². The van der Waals surface area contributed by atoms with Crippen LogP contribution in [0.4, 0.5) is 0 Å². The maximum Gasteiger partial charge on any atom is 0.0768 e. The van der Waals surface area contributed by atoms with E-state index >= 15 is 0 Å². The standard InChI is InChI=1S/C28H39NO2/c1-18(2)14-21-16-28-24(15-20-17-29-23-9-7-6-8-22(20)23)27(5,30)13-12-26(28,4)19(3)10-11-25(28)31-21/h6-9,14,17,19,21,24-25,29-30H,10-13,15-16H2,1-5H3. The number of benzene rings is 1. The van der Waals surface area contributed by atoms with Crippen molar-refractivity contribution in [1.82, 2.24) is 4.98 Å². The van der Waals surface area contributed by atoms with Crippen LogP contribution in [0.25, 0.3) is 10.9 Å². The monoisotopic (exact) mass is 421 g/mol. The average molecular weight is 422 g/mol. The van der Waals surface area contributed by atoms with Crippen molar-refractivity contribution in [3.05, 3.63) is 47.7 Å². The van der Waals surface area contributed by atoms with E-state index in [1.165, 1.54) is 28.5 Å². The fourth-order valence-corrected chi connectivity index (χ4v) is 7.83. The molecule has 7 unspecified atom stereocenters. The van der Waals surface area contributed by atoms with Crippen LogP contribution in [0.3, 0.4) is 0 Å². The summed E-state index contributed by atoms with van der Waals surface area (Å²) in [5.74, 6) is 0.834. The molecule has 7 atom stereocenters. The minimum absolute atomic E-state index is 0.00140. The summed E-state index contributed by atoms with van der Waals surface area (Å²) >= 11 is 0. The topological polar surface area (TPSA) is 45.2 Å². The zero-order valence-electron chi connectivity index (χ0n) is 19.9. The van der Waals surface area contributed by atoms with Crippen molar-refractivity contribution in [3.8, 4) is 0 Å². The highest BCUT2D eigenvalue weighted by atomic mass is 16.5. The summed E-state index contributed by atoms with van der Waals surface area (Å²) in [4.78, 5) is 3.47. The van der Waals surface area contributed by atoms with Gasteiger partial charge >= 0.3 is 0 Å². The van der Waals surface area contributed by atoms with Gasteiger partial charge in [0.2, 0.25) is 0 Å². The summed E-state index contributed by atoms with van der Waals surface area (Å²) in [5.41, 5.74) is 3.36. The van der Waals surface area contributed by atoms with Crippen LogP contribution in [0.1, 0.15) is 72.3 Å². The lowest BCUT2D eigenvalue weighted by atomic mass is 9.39. The maximum atomic E-state index is 11.9. The molecule has 31 heavy (non-hydrogen) atoms. The predicted octanol–water partition coefficient (Wildman–Crippen LogP) is 6.42. The largest absolute Gasteiger partial charge is 0.390 e. The lowest BCUT2D eigenvalue weighted by Gasteiger charge is -2.65. The Labute approximate surface area is 187 Å². The van der Waals surface area contributed by atoms with Gasteiger partial charge in [0, 0.05) is 28.4 Å². The van der Waals surface area contributed by atoms with Crippen LogP contribution in [-0.4, -0.2) is 27.9 Å². The average Bonchev–Trinajstić information content (AvgIpc) is 3.28. The van der Waals surface area contributed by atoms with Crippen molar-refractivity contribution in [2.75, 3.05) is 0 Å². The number of rotatable bonds is 3. The van der Waals surface area contributed by atoms with E-state index in [1.807, 2.05) is 0 Å². The lowest BCUT2D eigenvalue weighted by molar-refractivity contribution is -0.221. The molecule has 3 nitrogen and oxygen atoms in total. The zero-order valence-corrected chi connectivity index (χ0v) is 19.9. The molecule has 2 aliphatic carbocycles. The fraction of sp³-hybridized carbons (Fsp3) is 0.643. The lowest BCUT2D eigenvalue weighted by Crippen LogP contribution is -2.65. The molecule has 1 aliphatic heterocycles.